The number of hydrogen-bond acceptors (Lipinski definition) is 9. The van der Waals surface area contributed by atoms with Crippen LogP contribution in [0.25, 0.3) is 0 Å². The molecule has 2 aliphatic heterocycles. The third-order valence-corrected chi connectivity index (χ3v) is 10.0. The fraction of sp³-hybridized carbons (Fsp3) is 0.542. The molecule has 1 aromatic heterocycles. The number of rotatable bonds is 7. The molecule has 0 aliphatic carbocycles. The van der Waals surface area contributed by atoms with Gasteiger partial charge in [-0.3, -0.25) is 9.69 Å². The van der Waals surface area contributed by atoms with Gasteiger partial charge in [0.1, 0.15) is 5.60 Å². The second kappa shape index (κ2) is 11.2. The van der Waals surface area contributed by atoms with E-state index in [0.717, 1.165) is 22.6 Å². The molecule has 1 aromatic carbocycles. The van der Waals surface area contributed by atoms with Gasteiger partial charge in [0.15, 0.2) is 5.13 Å². The van der Waals surface area contributed by atoms with E-state index in [9.17, 15) is 18.0 Å². The summed E-state index contributed by atoms with van der Waals surface area (Å²) in [5.74, 6) is 0.273. The molecule has 13 heteroatoms. The Kier molecular flexibility index (Phi) is 8.36. The summed E-state index contributed by atoms with van der Waals surface area (Å²) in [4.78, 5) is 30.2. The van der Waals surface area contributed by atoms with Crippen LogP contribution in [0.15, 0.2) is 33.5 Å². The van der Waals surface area contributed by atoms with Gasteiger partial charge in [-0.15, -0.1) is 11.8 Å². The molecule has 2 amide bonds. The van der Waals surface area contributed by atoms with Crippen molar-refractivity contribution in [1.82, 2.24) is 14.6 Å². The average molecular weight is 568 g/mol. The van der Waals surface area contributed by atoms with Crippen molar-refractivity contribution < 1.29 is 22.7 Å². The normalized spacial score (nSPS) is 18.4. The van der Waals surface area contributed by atoms with Crippen LogP contribution >= 0.6 is 23.1 Å². The predicted octanol–water partition coefficient (Wildman–Crippen LogP) is 3.54. The minimum absolute atomic E-state index is 0.0508. The molecule has 2 aromatic rings. The number of ether oxygens (including phenoxy) is 1. The van der Waals surface area contributed by atoms with Crippen molar-refractivity contribution in [2.24, 2.45) is 0 Å². The van der Waals surface area contributed by atoms with Gasteiger partial charge < -0.3 is 15.4 Å². The lowest BCUT2D eigenvalue weighted by Crippen LogP contribution is -2.45. The standard InChI is InChI=1S/C24H33N5O5S3/c1-24(2,3)34-23(31)29-11-9-16-12-18(7-8-19(16)29)37(32,33)28-10-5-6-17(14-28)27-22-26-13-21(36-22)35-15-20(30)25-4/h7-8,12-13,17H,5-6,9-11,14-15H2,1-4H3,(H,25,30)(H,26,27)/t17-/m1/s1. The maximum Gasteiger partial charge on any atom is 0.414 e. The van der Waals surface area contributed by atoms with E-state index >= 15 is 0 Å². The van der Waals surface area contributed by atoms with Crippen molar-refractivity contribution in [3.63, 3.8) is 0 Å². The van der Waals surface area contributed by atoms with Crippen LogP contribution in [0, 0.1) is 0 Å². The maximum absolute atomic E-state index is 13.5. The Morgan fingerprint density at radius 1 is 1.27 bits per heavy atom. The minimum atomic E-state index is -3.70. The zero-order chi connectivity index (χ0) is 26.8. The van der Waals surface area contributed by atoms with Crippen LogP contribution in [-0.4, -0.2) is 73.8 Å². The Morgan fingerprint density at radius 2 is 2.05 bits per heavy atom. The number of nitrogens with zero attached hydrogens (tertiary/aromatic N) is 3. The van der Waals surface area contributed by atoms with Gasteiger partial charge in [-0.1, -0.05) is 11.3 Å². The highest BCUT2D eigenvalue weighted by Gasteiger charge is 2.33. The highest BCUT2D eigenvalue weighted by molar-refractivity contribution is 8.01. The number of benzene rings is 1. The van der Waals surface area contributed by atoms with Gasteiger partial charge in [0.2, 0.25) is 15.9 Å². The third kappa shape index (κ3) is 6.75. The molecule has 10 nitrogen and oxygen atoms in total. The van der Waals surface area contributed by atoms with Crippen molar-refractivity contribution in [3.05, 3.63) is 30.0 Å². The molecule has 0 unspecified atom stereocenters. The summed E-state index contributed by atoms with van der Waals surface area (Å²) in [5.41, 5.74) is 0.912. The van der Waals surface area contributed by atoms with E-state index in [-0.39, 0.29) is 16.8 Å². The van der Waals surface area contributed by atoms with Gasteiger partial charge in [0.25, 0.3) is 0 Å². The fourth-order valence-electron chi connectivity index (χ4n) is 4.25. The largest absolute Gasteiger partial charge is 0.443 e. The van der Waals surface area contributed by atoms with Crippen molar-refractivity contribution in [2.45, 2.75) is 60.8 Å². The summed E-state index contributed by atoms with van der Waals surface area (Å²) in [6, 6.07) is 4.89. The number of amides is 2. The number of thioether (sulfide) groups is 1. The van der Waals surface area contributed by atoms with Gasteiger partial charge in [0, 0.05) is 32.7 Å². The lowest BCUT2D eigenvalue weighted by atomic mass is 10.1. The SMILES string of the molecule is CNC(=O)CSc1cnc(N[C@@H]2CCCN(S(=O)(=O)c3ccc4c(c3)CCN4C(=O)OC(C)(C)C)C2)s1. The number of nitrogens with one attached hydrogen (secondary N) is 2. The maximum atomic E-state index is 13.5. The van der Waals surface area contributed by atoms with E-state index in [1.165, 1.54) is 27.4 Å². The summed E-state index contributed by atoms with van der Waals surface area (Å²) in [6.45, 7) is 6.70. The summed E-state index contributed by atoms with van der Waals surface area (Å²) < 4.78 is 34.9. The van der Waals surface area contributed by atoms with Crippen LogP contribution in [0.3, 0.4) is 0 Å². The number of thiazole rings is 1. The first-order valence-electron chi connectivity index (χ1n) is 12.2. The molecule has 4 rings (SSSR count). The Balaban J connectivity index is 1.41. The monoisotopic (exact) mass is 567 g/mol. The van der Waals surface area contributed by atoms with Crippen molar-refractivity contribution in [2.75, 3.05) is 42.7 Å². The summed E-state index contributed by atoms with van der Waals surface area (Å²) in [5, 5.41) is 6.67. The summed E-state index contributed by atoms with van der Waals surface area (Å²) in [6.07, 6.45) is 3.44. The molecule has 2 aliphatic rings. The van der Waals surface area contributed by atoms with Crippen LogP contribution in [0.5, 0.6) is 0 Å². The third-order valence-electron chi connectivity index (χ3n) is 6.02. The number of anilines is 2. The van der Waals surface area contributed by atoms with Gasteiger partial charge in [-0.05, 0) is 63.8 Å². The van der Waals surface area contributed by atoms with Crippen LogP contribution in [0.2, 0.25) is 0 Å². The Hall–Kier alpha value is -2.35. The van der Waals surface area contributed by atoms with E-state index in [0.29, 0.717) is 42.6 Å². The molecule has 37 heavy (non-hydrogen) atoms. The molecule has 2 N–H and O–H groups in total. The molecule has 0 spiro atoms. The van der Waals surface area contributed by atoms with E-state index in [1.54, 1.807) is 36.3 Å². The Bertz CT molecular complexity index is 1260. The first kappa shape index (κ1) is 27.7. The molecular weight excluding hydrogens is 534 g/mol. The molecule has 0 bridgehead atoms. The number of carbonyl (C=O) groups is 2. The Morgan fingerprint density at radius 3 is 2.78 bits per heavy atom. The number of piperidine rings is 1. The summed E-state index contributed by atoms with van der Waals surface area (Å²) in [7, 11) is -2.09. The first-order valence-corrected chi connectivity index (χ1v) is 15.4. The quantitative estimate of drug-likeness (QED) is 0.488. The Labute approximate surface area is 226 Å². The average Bonchev–Trinajstić information content (AvgIpc) is 3.48. The van der Waals surface area contributed by atoms with Crippen molar-refractivity contribution >= 4 is 55.9 Å². The van der Waals surface area contributed by atoms with Crippen molar-refractivity contribution in [3.8, 4) is 0 Å². The van der Waals surface area contributed by atoms with E-state index in [1.807, 2.05) is 20.8 Å². The van der Waals surface area contributed by atoms with E-state index in [4.69, 9.17) is 4.74 Å². The van der Waals surface area contributed by atoms with Crippen molar-refractivity contribution in [1.29, 1.82) is 0 Å². The number of sulfonamides is 1. The first-order chi connectivity index (χ1) is 17.5. The number of fused-ring (bicyclic) bond motifs is 1. The van der Waals surface area contributed by atoms with Crippen LogP contribution in [0.4, 0.5) is 15.6 Å². The van der Waals surface area contributed by atoms with Gasteiger partial charge in [-0.2, -0.15) is 4.31 Å². The second-order valence-electron chi connectivity index (χ2n) is 9.97. The second-order valence-corrected chi connectivity index (χ2v) is 14.2. The molecule has 1 saturated heterocycles. The molecule has 0 radical (unpaired) electrons. The zero-order valence-electron chi connectivity index (χ0n) is 21.4. The van der Waals surface area contributed by atoms with E-state index < -0.39 is 21.7 Å². The highest BCUT2D eigenvalue weighted by Crippen LogP contribution is 2.33. The van der Waals surface area contributed by atoms with Gasteiger partial charge in [-0.25, -0.2) is 18.2 Å². The molecule has 202 valence electrons. The van der Waals surface area contributed by atoms with Gasteiger partial charge >= 0.3 is 6.09 Å². The predicted molar refractivity (Wildman–Crippen MR) is 146 cm³/mol. The lowest BCUT2D eigenvalue weighted by molar-refractivity contribution is -0.118. The molecule has 0 saturated carbocycles. The molecular formula is C24H33N5O5S3. The van der Waals surface area contributed by atoms with E-state index in [2.05, 4.69) is 15.6 Å². The topological polar surface area (TPSA) is 121 Å². The molecule has 1 atom stereocenters. The van der Waals surface area contributed by atoms with Crippen LogP contribution < -0.4 is 15.5 Å². The number of aromatic nitrogens is 1. The summed E-state index contributed by atoms with van der Waals surface area (Å²) >= 11 is 2.87. The smallest absolute Gasteiger partial charge is 0.414 e. The van der Waals surface area contributed by atoms with Gasteiger partial charge in [0.05, 0.1) is 26.7 Å². The number of carbonyl (C=O) groups excluding carboxylic acids is 2. The lowest BCUT2D eigenvalue weighted by Gasteiger charge is -2.32. The van der Waals surface area contributed by atoms with Crippen LogP contribution in [0.1, 0.15) is 39.2 Å². The zero-order valence-corrected chi connectivity index (χ0v) is 23.9. The molecule has 3 heterocycles. The van der Waals surface area contributed by atoms with Crippen LogP contribution in [-0.2, 0) is 26.0 Å². The minimum Gasteiger partial charge on any atom is -0.443 e. The highest BCUT2D eigenvalue weighted by atomic mass is 32.2. The number of hydrogen-bond donors (Lipinski definition) is 2. The molecule has 1 fully saturated rings. The fourth-order valence-corrected chi connectivity index (χ4v) is 7.65.